The summed E-state index contributed by atoms with van der Waals surface area (Å²) in [5.74, 6) is 0.621. The van der Waals surface area contributed by atoms with E-state index in [1.54, 1.807) is 16.8 Å². The van der Waals surface area contributed by atoms with Crippen LogP contribution in [0.3, 0.4) is 0 Å². The monoisotopic (exact) mass is 366 g/mol. The van der Waals surface area contributed by atoms with Crippen LogP contribution in [0.1, 0.15) is 0 Å². The van der Waals surface area contributed by atoms with Gasteiger partial charge >= 0.3 is 0 Å². The van der Waals surface area contributed by atoms with Crippen molar-refractivity contribution in [3.05, 3.63) is 56.9 Å². The van der Waals surface area contributed by atoms with Gasteiger partial charge in [-0.3, -0.25) is 14.6 Å². The van der Waals surface area contributed by atoms with E-state index in [9.17, 15) is 0 Å². The first-order valence-electron chi connectivity index (χ1n) is 5.71. The van der Waals surface area contributed by atoms with Gasteiger partial charge in [-0.15, -0.1) is 0 Å². The van der Waals surface area contributed by atoms with Crippen LogP contribution in [0.2, 0.25) is 5.02 Å². The molecule has 2 heterocycles. The first-order valence-corrected chi connectivity index (χ1v) is 7.29. The Hall–Kier alpha value is -1.50. The van der Waals surface area contributed by atoms with E-state index in [4.69, 9.17) is 23.8 Å². The zero-order valence-corrected chi connectivity index (χ0v) is 13.2. The van der Waals surface area contributed by atoms with Crippen molar-refractivity contribution in [1.29, 1.82) is 0 Å². The van der Waals surface area contributed by atoms with Crippen LogP contribution in [-0.4, -0.2) is 19.7 Å². The predicted molar refractivity (Wildman–Crippen MR) is 84.7 cm³/mol. The van der Waals surface area contributed by atoms with Gasteiger partial charge in [0, 0.05) is 10.7 Å². The van der Waals surface area contributed by atoms with Gasteiger partial charge in [0.25, 0.3) is 0 Å². The number of hydrogen-bond acceptors (Lipinski definition) is 3. The van der Waals surface area contributed by atoms with Gasteiger partial charge in [-0.2, -0.15) is 5.10 Å². The quantitative estimate of drug-likeness (QED) is 0.683. The SMILES string of the molecule is S=c1[nH]nc(-c2ccccn2)n1-c1cc(Br)ccc1Cl. The molecule has 1 N–H and O–H groups in total. The summed E-state index contributed by atoms with van der Waals surface area (Å²) < 4.78 is 3.14. The lowest BCUT2D eigenvalue weighted by Gasteiger charge is -2.08. The molecule has 0 aliphatic rings. The van der Waals surface area contributed by atoms with E-state index in [2.05, 4.69) is 31.1 Å². The van der Waals surface area contributed by atoms with Crippen LogP contribution < -0.4 is 0 Å². The Bertz CT molecular complexity index is 813. The molecule has 1 aromatic carbocycles. The maximum Gasteiger partial charge on any atom is 0.200 e. The van der Waals surface area contributed by atoms with Crippen LogP contribution in [0.15, 0.2) is 47.1 Å². The van der Waals surface area contributed by atoms with Crippen molar-refractivity contribution in [3.63, 3.8) is 0 Å². The molecule has 4 nitrogen and oxygen atoms in total. The molecule has 3 rings (SSSR count). The highest BCUT2D eigenvalue weighted by Gasteiger charge is 2.14. The van der Waals surface area contributed by atoms with Crippen molar-refractivity contribution in [2.45, 2.75) is 0 Å². The molecule has 0 aliphatic heterocycles. The average molecular weight is 368 g/mol. The summed E-state index contributed by atoms with van der Waals surface area (Å²) in [5, 5.41) is 7.61. The zero-order valence-electron chi connectivity index (χ0n) is 10.0. The summed E-state index contributed by atoms with van der Waals surface area (Å²) in [6.45, 7) is 0. The van der Waals surface area contributed by atoms with Gasteiger partial charge in [-0.05, 0) is 42.5 Å². The molecule has 0 amide bonds. The highest BCUT2D eigenvalue weighted by Crippen LogP contribution is 2.28. The first-order chi connectivity index (χ1) is 9.66. The minimum Gasteiger partial charge on any atom is -0.265 e. The number of H-pyrrole nitrogens is 1. The Morgan fingerprint density at radius 3 is 2.85 bits per heavy atom. The van der Waals surface area contributed by atoms with E-state index in [0.717, 1.165) is 15.9 Å². The standard InChI is InChI=1S/C13H8BrClN4S/c14-8-4-5-9(15)11(7-8)19-12(17-18-13(19)20)10-3-1-2-6-16-10/h1-7H,(H,18,20). The van der Waals surface area contributed by atoms with Crippen LogP contribution in [0.25, 0.3) is 17.2 Å². The van der Waals surface area contributed by atoms with E-state index in [1.165, 1.54) is 0 Å². The topological polar surface area (TPSA) is 46.5 Å². The lowest BCUT2D eigenvalue weighted by Crippen LogP contribution is -1.99. The van der Waals surface area contributed by atoms with Crippen LogP contribution in [0.5, 0.6) is 0 Å². The molecule has 0 radical (unpaired) electrons. The van der Waals surface area contributed by atoms with E-state index in [-0.39, 0.29) is 0 Å². The third kappa shape index (κ3) is 2.42. The fourth-order valence-electron chi connectivity index (χ4n) is 1.84. The van der Waals surface area contributed by atoms with Gasteiger partial charge in [0.05, 0.1) is 10.7 Å². The minimum absolute atomic E-state index is 0.464. The molecular weight excluding hydrogens is 360 g/mol. The molecular formula is C13H8BrClN4S. The van der Waals surface area contributed by atoms with E-state index >= 15 is 0 Å². The zero-order chi connectivity index (χ0) is 14.1. The summed E-state index contributed by atoms with van der Waals surface area (Å²) >= 11 is 15.0. The lowest BCUT2D eigenvalue weighted by molar-refractivity contribution is 1.03. The molecule has 7 heteroatoms. The number of pyridine rings is 1. The lowest BCUT2D eigenvalue weighted by atomic mass is 10.3. The normalized spacial score (nSPS) is 10.7. The number of nitrogens with zero attached hydrogens (tertiary/aromatic N) is 3. The molecule has 2 aromatic heterocycles. The van der Waals surface area contributed by atoms with Crippen molar-refractivity contribution >= 4 is 39.7 Å². The predicted octanol–water partition coefficient (Wildman–Crippen LogP) is 4.41. The Labute approximate surface area is 133 Å². The van der Waals surface area contributed by atoms with Crippen LogP contribution in [0, 0.1) is 4.77 Å². The smallest absolute Gasteiger partial charge is 0.200 e. The third-order valence-corrected chi connectivity index (χ3v) is 3.80. The number of nitrogens with one attached hydrogen (secondary N) is 1. The molecule has 0 aliphatic carbocycles. The largest absolute Gasteiger partial charge is 0.265 e. The van der Waals surface area contributed by atoms with Gasteiger partial charge in [-0.25, -0.2) is 0 Å². The Kier molecular flexibility index (Phi) is 3.69. The van der Waals surface area contributed by atoms with Crippen molar-refractivity contribution in [2.24, 2.45) is 0 Å². The van der Waals surface area contributed by atoms with Gasteiger partial charge in [-0.1, -0.05) is 33.6 Å². The fraction of sp³-hybridized carbons (Fsp3) is 0. The van der Waals surface area contributed by atoms with E-state index in [1.807, 2.05) is 30.3 Å². The molecule has 0 fully saturated rings. The number of hydrogen-bond donors (Lipinski definition) is 1. The second-order valence-corrected chi connectivity index (χ2v) is 5.71. The van der Waals surface area contributed by atoms with E-state index in [0.29, 0.717) is 15.6 Å². The number of benzene rings is 1. The second-order valence-electron chi connectivity index (χ2n) is 4.00. The highest BCUT2D eigenvalue weighted by atomic mass is 79.9. The molecule has 0 atom stereocenters. The van der Waals surface area contributed by atoms with Crippen molar-refractivity contribution in [1.82, 2.24) is 19.7 Å². The molecule has 0 saturated carbocycles. The number of rotatable bonds is 2. The Morgan fingerprint density at radius 2 is 2.10 bits per heavy atom. The molecule has 0 saturated heterocycles. The van der Waals surface area contributed by atoms with Crippen molar-refractivity contribution in [2.75, 3.05) is 0 Å². The molecule has 20 heavy (non-hydrogen) atoms. The van der Waals surface area contributed by atoms with Crippen molar-refractivity contribution < 1.29 is 0 Å². The fourth-order valence-corrected chi connectivity index (χ4v) is 2.63. The Morgan fingerprint density at radius 1 is 1.25 bits per heavy atom. The molecule has 0 bridgehead atoms. The number of aromatic amines is 1. The number of aromatic nitrogens is 4. The minimum atomic E-state index is 0.464. The summed E-state index contributed by atoms with van der Waals surface area (Å²) in [4.78, 5) is 4.30. The first kappa shape index (κ1) is 13.5. The summed E-state index contributed by atoms with van der Waals surface area (Å²) in [7, 11) is 0. The van der Waals surface area contributed by atoms with Gasteiger partial charge in [0.2, 0.25) is 0 Å². The summed E-state index contributed by atoms with van der Waals surface area (Å²) in [6.07, 6.45) is 1.71. The Balaban J connectivity index is 2.27. The second kappa shape index (κ2) is 5.47. The van der Waals surface area contributed by atoms with Gasteiger partial charge in [0.15, 0.2) is 10.6 Å². The van der Waals surface area contributed by atoms with Crippen molar-refractivity contribution in [3.8, 4) is 17.2 Å². The maximum atomic E-state index is 6.27. The van der Waals surface area contributed by atoms with Gasteiger partial charge in [0.1, 0.15) is 5.69 Å². The van der Waals surface area contributed by atoms with E-state index < -0.39 is 0 Å². The van der Waals surface area contributed by atoms with Crippen LogP contribution >= 0.6 is 39.7 Å². The molecule has 0 unspecified atom stereocenters. The number of halogens is 2. The highest BCUT2D eigenvalue weighted by molar-refractivity contribution is 9.10. The third-order valence-electron chi connectivity index (χ3n) is 2.72. The maximum absolute atomic E-state index is 6.27. The average Bonchev–Trinajstić information content (AvgIpc) is 2.84. The summed E-state index contributed by atoms with van der Waals surface area (Å²) in [5.41, 5.74) is 1.47. The molecule has 3 aromatic rings. The van der Waals surface area contributed by atoms with Crippen LogP contribution in [-0.2, 0) is 0 Å². The molecule has 0 spiro atoms. The summed E-state index contributed by atoms with van der Waals surface area (Å²) in [6, 6.07) is 11.2. The van der Waals surface area contributed by atoms with Crippen LogP contribution in [0.4, 0.5) is 0 Å². The van der Waals surface area contributed by atoms with Gasteiger partial charge < -0.3 is 0 Å². The molecule has 100 valence electrons.